The molecule has 3 rings (SSSR count). The van der Waals surface area contributed by atoms with E-state index >= 15 is 17.6 Å². The number of ketones is 1. The highest BCUT2D eigenvalue weighted by Gasteiger charge is 2.54. The summed E-state index contributed by atoms with van der Waals surface area (Å²) in [7, 11) is 1.02. The van der Waals surface area contributed by atoms with E-state index in [9.17, 15) is 24.0 Å². The number of epoxide rings is 1. The fraction of sp³-hybridized carbons (Fsp3) is 0.656. The molecule has 4 N–H and O–H groups in total. The van der Waals surface area contributed by atoms with Crippen molar-refractivity contribution >= 4 is 29.4 Å². The lowest BCUT2D eigenvalue weighted by Gasteiger charge is -2.32. The number of halogens is 4. The summed E-state index contributed by atoms with van der Waals surface area (Å²) in [5.41, 5.74) is -0.750. The van der Waals surface area contributed by atoms with Crippen LogP contribution in [0.15, 0.2) is 30.3 Å². The van der Waals surface area contributed by atoms with Crippen molar-refractivity contribution in [1.82, 2.24) is 26.2 Å². The predicted octanol–water partition coefficient (Wildman–Crippen LogP) is 0.383. The molecule has 2 heterocycles. The van der Waals surface area contributed by atoms with Crippen LogP contribution in [0.5, 0.6) is 0 Å². The number of alkyl halides is 4. The van der Waals surface area contributed by atoms with Gasteiger partial charge in [0.05, 0.1) is 32.4 Å². The first kappa shape index (κ1) is 40.7. The highest BCUT2D eigenvalue weighted by Crippen LogP contribution is 2.30. The van der Waals surface area contributed by atoms with Gasteiger partial charge in [0.1, 0.15) is 11.6 Å². The molecule has 2 fully saturated rings. The summed E-state index contributed by atoms with van der Waals surface area (Å²) < 4.78 is 79.0. The minimum absolute atomic E-state index is 0.0142. The lowest BCUT2D eigenvalue weighted by atomic mass is 9.94. The van der Waals surface area contributed by atoms with Crippen molar-refractivity contribution in [3.63, 3.8) is 0 Å². The Hall–Kier alpha value is -3.71. The van der Waals surface area contributed by atoms with Crippen molar-refractivity contribution in [2.75, 3.05) is 53.7 Å². The molecule has 280 valence electrons. The molecule has 14 nitrogen and oxygen atoms in total. The van der Waals surface area contributed by atoms with Crippen LogP contribution in [-0.4, -0.2) is 130 Å². The maximum Gasteiger partial charge on any atom is 0.384 e. The Labute approximate surface area is 287 Å². The van der Waals surface area contributed by atoms with Gasteiger partial charge in [0.2, 0.25) is 11.8 Å². The average Bonchev–Trinajstić information content (AvgIpc) is 3.83. The zero-order valence-electron chi connectivity index (χ0n) is 28.6. The first-order chi connectivity index (χ1) is 23.4. The number of nitrogens with one attached hydrogen (secondary N) is 4. The van der Waals surface area contributed by atoms with Crippen LogP contribution in [0.2, 0.25) is 0 Å². The van der Waals surface area contributed by atoms with Crippen LogP contribution in [0, 0.1) is 5.92 Å². The summed E-state index contributed by atoms with van der Waals surface area (Å²) in [6.07, 6.45) is -9.18. The molecule has 2 aliphatic heterocycles. The van der Waals surface area contributed by atoms with Crippen molar-refractivity contribution in [2.45, 2.75) is 75.6 Å². The van der Waals surface area contributed by atoms with E-state index < -0.39 is 71.4 Å². The van der Waals surface area contributed by atoms with Crippen molar-refractivity contribution in [3.8, 4) is 0 Å². The highest BCUT2D eigenvalue weighted by molar-refractivity contribution is 5.99. The minimum atomic E-state index is -4.50. The van der Waals surface area contributed by atoms with Crippen molar-refractivity contribution < 1.29 is 60.5 Å². The predicted molar refractivity (Wildman–Crippen MR) is 168 cm³/mol. The molecule has 1 aromatic carbocycles. The van der Waals surface area contributed by atoms with Crippen LogP contribution in [0.4, 0.5) is 17.6 Å². The van der Waals surface area contributed by atoms with Crippen molar-refractivity contribution in [2.24, 2.45) is 5.92 Å². The third-order valence-electron chi connectivity index (χ3n) is 8.16. The number of carbonyl (C=O) groups excluding carboxylic acids is 5. The third kappa shape index (κ3) is 11.4. The maximum absolute atomic E-state index is 15.1. The third-order valence-corrected chi connectivity index (χ3v) is 8.16. The minimum Gasteiger partial charge on any atom is -0.379 e. The van der Waals surface area contributed by atoms with Crippen LogP contribution in [-0.2, 0) is 49.3 Å². The average molecular weight is 720 g/mol. The molecule has 0 radical (unpaired) electrons. The number of amides is 4. The van der Waals surface area contributed by atoms with E-state index in [4.69, 9.17) is 9.47 Å². The zero-order valence-corrected chi connectivity index (χ0v) is 28.6. The first-order valence-corrected chi connectivity index (χ1v) is 16.0. The molecule has 0 bridgehead atoms. The Balaban J connectivity index is 1.83. The molecule has 4 amide bonds. The van der Waals surface area contributed by atoms with Gasteiger partial charge in [-0.2, -0.15) is 17.6 Å². The molecule has 1 aromatic rings. The van der Waals surface area contributed by atoms with Crippen molar-refractivity contribution in [1.29, 1.82) is 0 Å². The van der Waals surface area contributed by atoms with Crippen LogP contribution in [0.1, 0.15) is 32.8 Å². The molecular formula is C32H45F4N5O9. The Morgan fingerprint density at radius 3 is 1.86 bits per heavy atom. The molecule has 0 unspecified atom stereocenters. The summed E-state index contributed by atoms with van der Waals surface area (Å²) in [5, 5.41) is 7.99. The fourth-order valence-electron chi connectivity index (χ4n) is 5.15. The molecule has 0 aliphatic carbocycles. The van der Waals surface area contributed by atoms with E-state index in [-0.39, 0.29) is 31.9 Å². The Bertz CT molecular complexity index is 1340. The topological polar surface area (TPSA) is 177 Å². The van der Waals surface area contributed by atoms with E-state index in [1.807, 2.05) is 0 Å². The van der Waals surface area contributed by atoms with Gasteiger partial charge < -0.3 is 40.2 Å². The lowest BCUT2D eigenvalue weighted by Crippen LogP contribution is -2.66. The Morgan fingerprint density at radius 2 is 1.36 bits per heavy atom. The summed E-state index contributed by atoms with van der Waals surface area (Å²) in [4.78, 5) is 67.7. The molecule has 2 saturated heterocycles. The summed E-state index contributed by atoms with van der Waals surface area (Å²) in [6.45, 7) is 6.42. The zero-order chi connectivity index (χ0) is 37.3. The largest absolute Gasteiger partial charge is 0.384 e. The number of morpholine rings is 1. The van der Waals surface area contributed by atoms with Gasteiger partial charge in [-0.3, -0.25) is 28.9 Å². The second-order valence-electron chi connectivity index (χ2n) is 12.7. The molecule has 0 saturated carbocycles. The number of benzene rings is 1. The monoisotopic (exact) mass is 719 g/mol. The quantitative estimate of drug-likeness (QED) is 0.116. The molecule has 2 aliphatic rings. The number of Topliss-reactive ketones (excluding diaryl/α,β-unsaturated/α-hetero) is 1. The smallest absolute Gasteiger partial charge is 0.379 e. The van der Waals surface area contributed by atoms with Crippen LogP contribution in [0.3, 0.4) is 0 Å². The fourth-order valence-corrected chi connectivity index (χ4v) is 5.15. The van der Waals surface area contributed by atoms with Crippen LogP contribution < -0.4 is 21.3 Å². The van der Waals surface area contributed by atoms with Gasteiger partial charge in [-0.1, -0.05) is 44.2 Å². The lowest BCUT2D eigenvalue weighted by molar-refractivity contribution is -0.247. The van der Waals surface area contributed by atoms with Crippen molar-refractivity contribution in [3.05, 3.63) is 35.9 Å². The van der Waals surface area contributed by atoms with Gasteiger partial charge in [-0.15, -0.1) is 0 Å². The standard InChI is InChI=1S/C32H45F4N5O9/c1-19(2)15-22(37-23(42)17-41-11-13-49-14-12-41)27(44)39-25(32(35,36)48-5)29(46)40-24(31(33,34)47-4)28(45)38-21(26(43)30(3)18-50-30)16-20-9-7-6-8-10-20/h6-10,19,21-22,24-25H,11-18H2,1-5H3,(H,37,42)(H,38,45)(H,39,44)(H,40,46)/t21-,22-,24-,25-,30+/m0/s1. The van der Waals surface area contributed by atoms with Crippen LogP contribution >= 0.6 is 0 Å². The number of ether oxygens (including phenoxy) is 4. The van der Waals surface area contributed by atoms with E-state index in [1.165, 1.54) is 6.92 Å². The number of methoxy groups -OCH3 is 2. The molecular weight excluding hydrogens is 674 g/mol. The number of hydrogen-bond acceptors (Lipinski definition) is 10. The Morgan fingerprint density at radius 1 is 0.840 bits per heavy atom. The number of carbonyl (C=O) groups is 5. The highest BCUT2D eigenvalue weighted by atomic mass is 19.3. The molecule has 5 atom stereocenters. The second-order valence-corrected chi connectivity index (χ2v) is 12.7. The van der Waals surface area contributed by atoms with Gasteiger partial charge >= 0.3 is 12.2 Å². The van der Waals surface area contributed by atoms with E-state index in [0.29, 0.717) is 46.1 Å². The molecule has 0 aromatic heterocycles. The van der Waals surface area contributed by atoms with E-state index in [2.05, 4.69) is 20.1 Å². The summed E-state index contributed by atoms with van der Waals surface area (Å²) in [5.74, 6) is -6.34. The van der Waals surface area contributed by atoms with E-state index in [0.717, 1.165) is 0 Å². The number of hydrogen-bond donors (Lipinski definition) is 4. The van der Waals surface area contributed by atoms with Crippen LogP contribution in [0.25, 0.3) is 0 Å². The molecule has 18 heteroatoms. The van der Waals surface area contributed by atoms with Gasteiger partial charge in [0, 0.05) is 27.3 Å². The van der Waals surface area contributed by atoms with Gasteiger partial charge in [0.25, 0.3) is 11.8 Å². The SMILES string of the molecule is COC(F)(F)[C@@H](NC(=O)[C@H](CC(C)C)NC(=O)CN1CCOCC1)C(=O)N[C@@H](C(=O)N[C@@H](Cc1ccccc1)C(=O)[C@@]1(C)CO1)C(F)(F)OC. The molecule has 0 spiro atoms. The van der Waals surface area contributed by atoms with Gasteiger partial charge in [-0.05, 0) is 31.2 Å². The second kappa shape index (κ2) is 17.5. The molecule has 50 heavy (non-hydrogen) atoms. The normalized spacial score (nSPS) is 20.6. The summed E-state index contributed by atoms with van der Waals surface area (Å²) >= 11 is 0. The van der Waals surface area contributed by atoms with Gasteiger partial charge in [-0.25, -0.2) is 0 Å². The maximum atomic E-state index is 15.1. The first-order valence-electron chi connectivity index (χ1n) is 16.0. The summed E-state index contributed by atoms with van der Waals surface area (Å²) in [6, 6.07) is -0.513. The van der Waals surface area contributed by atoms with E-state index in [1.54, 1.807) is 59.7 Å². The Kier molecular flexibility index (Phi) is 14.2. The number of rotatable bonds is 19. The number of nitrogens with zero attached hydrogens (tertiary/aromatic N) is 1. The van der Waals surface area contributed by atoms with Gasteiger partial charge in [0.15, 0.2) is 17.9 Å².